The lowest BCUT2D eigenvalue weighted by Crippen LogP contribution is -2.44. The highest BCUT2D eigenvalue weighted by Crippen LogP contribution is 2.11. The van der Waals surface area contributed by atoms with Gasteiger partial charge in [0.2, 0.25) is 0 Å². The first-order chi connectivity index (χ1) is 7.08. The third-order valence-corrected chi connectivity index (χ3v) is 2.62. The van der Waals surface area contributed by atoms with Crippen LogP contribution in [0.4, 0.5) is 0 Å². The molecule has 1 atom stereocenters. The van der Waals surface area contributed by atoms with E-state index in [-0.39, 0.29) is 5.54 Å². The van der Waals surface area contributed by atoms with Crippen molar-refractivity contribution in [2.75, 3.05) is 26.4 Å². The first-order valence-electron chi connectivity index (χ1n) is 5.70. The Morgan fingerprint density at radius 1 is 1.13 bits per heavy atom. The van der Waals surface area contributed by atoms with E-state index in [1.807, 2.05) is 20.8 Å². The largest absolute Gasteiger partial charge is 0.388 e. The summed E-state index contributed by atoms with van der Waals surface area (Å²) in [5.41, 5.74) is 5.79. The van der Waals surface area contributed by atoms with Crippen LogP contribution in [0.3, 0.4) is 0 Å². The van der Waals surface area contributed by atoms with E-state index in [4.69, 9.17) is 15.2 Å². The van der Waals surface area contributed by atoms with Crippen LogP contribution >= 0.6 is 0 Å². The zero-order valence-corrected chi connectivity index (χ0v) is 10.2. The van der Waals surface area contributed by atoms with E-state index in [0.29, 0.717) is 26.4 Å². The average Bonchev–Trinajstić information content (AvgIpc) is 2.26. The Hall–Kier alpha value is -0.160. The zero-order valence-electron chi connectivity index (χ0n) is 10.2. The summed E-state index contributed by atoms with van der Waals surface area (Å²) in [5.74, 6) is 0. The van der Waals surface area contributed by atoms with Gasteiger partial charge in [0.25, 0.3) is 0 Å². The molecule has 92 valence electrons. The van der Waals surface area contributed by atoms with Gasteiger partial charge in [0.15, 0.2) is 0 Å². The summed E-state index contributed by atoms with van der Waals surface area (Å²) in [7, 11) is 0. The molecule has 0 aliphatic rings. The van der Waals surface area contributed by atoms with Crippen molar-refractivity contribution in [1.29, 1.82) is 0 Å². The zero-order chi connectivity index (χ0) is 11.7. The lowest BCUT2D eigenvalue weighted by atomic mass is 9.96. The molecule has 0 amide bonds. The van der Waals surface area contributed by atoms with Crippen LogP contribution in [0.1, 0.15) is 33.6 Å². The van der Waals surface area contributed by atoms with E-state index >= 15 is 0 Å². The molecule has 0 aromatic heterocycles. The first kappa shape index (κ1) is 14.8. The summed E-state index contributed by atoms with van der Waals surface area (Å²) in [6, 6.07) is 0. The molecule has 0 bridgehead atoms. The average molecular weight is 219 g/mol. The Kier molecular flexibility index (Phi) is 7.96. The molecular weight excluding hydrogens is 194 g/mol. The number of aliphatic hydroxyl groups excluding tert-OH is 1. The van der Waals surface area contributed by atoms with Gasteiger partial charge in [-0.25, -0.2) is 0 Å². The quantitative estimate of drug-likeness (QED) is 0.605. The molecule has 1 unspecified atom stereocenters. The molecule has 0 rings (SSSR count). The first-order valence-corrected chi connectivity index (χ1v) is 5.70. The van der Waals surface area contributed by atoms with Crippen LogP contribution in [0.15, 0.2) is 0 Å². The highest BCUT2D eigenvalue weighted by atomic mass is 16.5. The lowest BCUT2D eigenvalue weighted by molar-refractivity contribution is -0.0277. The Morgan fingerprint density at radius 2 is 1.67 bits per heavy atom. The molecule has 0 aliphatic carbocycles. The summed E-state index contributed by atoms with van der Waals surface area (Å²) in [6.45, 7) is 7.70. The second-order valence-electron chi connectivity index (χ2n) is 3.90. The van der Waals surface area contributed by atoms with Gasteiger partial charge in [0, 0.05) is 12.1 Å². The summed E-state index contributed by atoms with van der Waals surface area (Å²) in [6.07, 6.45) is 1.21. The van der Waals surface area contributed by atoms with Gasteiger partial charge in [0.1, 0.15) is 6.10 Å². The molecule has 0 aliphatic heterocycles. The van der Waals surface area contributed by atoms with Crippen LogP contribution in [0, 0.1) is 0 Å². The van der Waals surface area contributed by atoms with E-state index < -0.39 is 6.10 Å². The molecule has 4 heteroatoms. The minimum Gasteiger partial charge on any atom is -0.388 e. The molecule has 0 saturated heterocycles. The van der Waals surface area contributed by atoms with Gasteiger partial charge in [-0.1, -0.05) is 13.8 Å². The number of hydrogen-bond donors (Lipinski definition) is 2. The molecule has 4 nitrogen and oxygen atoms in total. The standard InChI is InChI=1S/C11H25NO3/c1-4-11(12,5-2)9-15-8-10(13)7-14-6-3/h10,13H,4-9,12H2,1-3H3. The molecule has 3 N–H and O–H groups in total. The number of aliphatic hydroxyl groups is 1. The lowest BCUT2D eigenvalue weighted by Gasteiger charge is -2.26. The predicted octanol–water partition coefficient (Wildman–Crippen LogP) is 0.918. The number of hydrogen-bond acceptors (Lipinski definition) is 4. The van der Waals surface area contributed by atoms with Gasteiger partial charge < -0.3 is 20.3 Å². The number of rotatable bonds is 9. The molecule has 0 aromatic rings. The highest BCUT2D eigenvalue weighted by Gasteiger charge is 2.20. The minimum atomic E-state index is -0.553. The molecule has 0 aromatic carbocycles. The van der Waals surface area contributed by atoms with Crippen molar-refractivity contribution < 1.29 is 14.6 Å². The fourth-order valence-corrected chi connectivity index (χ4v) is 1.15. The molecule has 15 heavy (non-hydrogen) atoms. The summed E-state index contributed by atoms with van der Waals surface area (Å²) in [5, 5.41) is 9.43. The second kappa shape index (κ2) is 8.05. The minimum absolute atomic E-state index is 0.259. The van der Waals surface area contributed by atoms with E-state index in [2.05, 4.69) is 0 Å². The molecule has 0 radical (unpaired) electrons. The smallest absolute Gasteiger partial charge is 0.101 e. The van der Waals surface area contributed by atoms with Crippen LogP contribution in [0.5, 0.6) is 0 Å². The van der Waals surface area contributed by atoms with Crippen LogP contribution in [-0.2, 0) is 9.47 Å². The van der Waals surface area contributed by atoms with Crippen molar-refractivity contribution in [3.63, 3.8) is 0 Å². The van der Waals surface area contributed by atoms with Crippen molar-refractivity contribution in [2.45, 2.75) is 45.3 Å². The van der Waals surface area contributed by atoms with Crippen molar-refractivity contribution in [3.05, 3.63) is 0 Å². The Labute approximate surface area is 92.7 Å². The second-order valence-corrected chi connectivity index (χ2v) is 3.90. The van der Waals surface area contributed by atoms with Crippen molar-refractivity contribution in [3.8, 4) is 0 Å². The van der Waals surface area contributed by atoms with Crippen molar-refractivity contribution in [2.24, 2.45) is 5.73 Å². The highest BCUT2D eigenvalue weighted by molar-refractivity contribution is 4.80. The van der Waals surface area contributed by atoms with E-state index in [1.54, 1.807) is 0 Å². The maximum absolute atomic E-state index is 9.43. The van der Waals surface area contributed by atoms with Gasteiger partial charge in [-0.15, -0.1) is 0 Å². The maximum atomic E-state index is 9.43. The van der Waals surface area contributed by atoms with Gasteiger partial charge in [-0.2, -0.15) is 0 Å². The number of nitrogens with two attached hydrogens (primary N) is 1. The number of ether oxygens (including phenoxy) is 2. The van der Waals surface area contributed by atoms with Crippen LogP contribution in [-0.4, -0.2) is 43.2 Å². The van der Waals surface area contributed by atoms with E-state index in [9.17, 15) is 5.11 Å². The Balaban J connectivity index is 3.59. The molecule has 0 heterocycles. The predicted molar refractivity (Wildman–Crippen MR) is 60.8 cm³/mol. The van der Waals surface area contributed by atoms with Gasteiger partial charge in [0.05, 0.1) is 19.8 Å². The van der Waals surface area contributed by atoms with Crippen molar-refractivity contribution in [1.82, 2.24) is 0 Å². The van der Waals surface area contributed by atoms with E-state index in [0.717, 1.165) is 12.8 Å². The summed E-state index contributed by atoms with van der Waals surface area (Å²) in [4.78, 5) is 0. The van der Waals surface area contributed by atoms with Crippen LogP contribution in [0.2, 0.25) is 0 Å². The van der Waals surface area contributed by atoms with E-state index in [1.165, 1.54) is 0 Å². The van der Waals surface area contributed by atoms with Crippen LogP contribution in [0.25, 0.3) is 0 Å². The van der Waals surface area contributed by atoms with Gasteiger partial charge >= 0.3 is 0 Å². The summed E-state index contributed by atoms with van der Waals surface area (Å²) >= 11 is 0. The molecule has 0 spiro atoms. The van der Waals surface area contributed by atoms with Crippen molar-refractivity contribution >= 4 is 0 Å². The summed E-state index contributed by atoms with van der Waals surface area (Å²) < 4.78 is 10.5. The topological polar surface area (TPSA) is 64.7 Å². The molecular formula is C11H25NO3. The third-order valence-electron chi connectivity index (χ3n) is 2.62. The fraction of sp³-hybridized carbons (Fsp3) is 1.00. The third kappa shape index (κ3) is 6.84. The Morgan fingerprint density at radius 3 is 2.13 bits per heavy atom. The monoisotopic (exact) mass is 219 g/mol. The molecule has 0 saturated carbocycles. The molecule has 0 fully saturated rings. The van der Waals surface area contributed by atoms with Gasteiger partial charge in [-0.05, 0) is 19.8 Å². The van der Waals surface area contributed by atoms with Gasteiger partial charge in [-0.3, -0.25) is 0 Å². The normalized spacial score (nSPS) is 14.2. The van der Waals surface area contributed by atoms with Crippen LogP contribution < -0.4 is 5.73 Å². The maximum Gasteiger partial charge on any atom is 0.101 e. The fourth-order valence-electron chi connectivity index (χ4n) is 1.15. The SMILES string of the molecule is CCOCC(O)COCC(N)(CC)CC. The Bertz CT molecular complexity index is 149.